The standard InChI is InChI=1S/C28H32F2N6O2/c1-16(2)27-33-28(38-34-27)35-9-7-17(8-10-35)15-37-19-4-6-25-24(12-19)32-26-13-21(23(31)14-36(25)26)20-11-18(29)3-5-22(20)30/h3-6,11-12,16-17,21,23H,7-10,13-15,31H2,1-2H3/t21-,23+/m1/s1. The Morgan fingerprint density at radius 3 is 2.68 bits per heavy atom. The van der Waals surface area contributed by atoms with Crippen molar-refractivity contribution in [2.24, 2.45) is 11.7 Å². The third-order valence-electron chi connectivity index (χ3n) is 7.79. The molecule has 38 heavy (non-hydrogen) atoms. The Morgan fingerprint density at radius 1 is 1.11 bits per heavy atom. The van der Waals surface area contributed by atoms with Crippen LogP contribution in [0, 0.1) is 17.6 Å². The lowest BCUT2D eigenvalue weighted by molar-refractivity contribution is 0.220. The summed E-state index contributed by atoms with van der Waals surface area (Å²) in [5.74, 6) is 1.77. The molecule has 2 aromatic carbocycles. The van der Waals surface area contributed by atoms with Gasteiger partial charge in [0.25, 0.3) is 0 Å². The zero-order valence-electron chi connectivity index (χ0n) is 21.6. The van der Waals surface area contributed by atoms with Crippen molar-refractivity contribution < 1.29 is 18.0 Å². The maximum Gasteiger partial charge on any atom is 0.324 e. The van der Waals surface area contributed by atoms with Crippen LogP contribution in [0.5, 0.6) is 5.75 Å². The van der Waals surface area contributed by atoms with Gasteiger partial charge >= 0.3 is 6.01 Å². The summed E-state index contributed by atoms with van der Waals surface area (Å²) >= 11 is 0. The monoisotopic (exact) mass is 522 g/mol. The zero-order valence-corrected chi connectivity index (χ0v) is 21.6. The Morgan fingerprint density at radius 2 is 1.92 bits per heavy atom. The summed E-state index contributed by atoms with van der Waals surface area (Å²) in [6, 6.07) is 9.71. The number of fused-ring (bicyclic) bond motifs is 3. The summed E-state index contributed by atoms with van der Waals surface area (Å²) in [6.45, 7) is 6.92. The number of hydrogen-bond acceptors (Lipinski definition) is 7. The average molecular weight is 523 g/mol. The summed E-state index contributed by atoms with van der Waals surface area (Å²) in [5.41, 5.74) is 8.53. The van der Waals surface area contributed by atoms with Crippen LogP contribution in [0.4, 0.5) is 14.8 Å². The molecule has 2 aromatic heterocycles. The van der Waals surface area contributed by atoms with Crippen molar-refractivity contribution in [2.45, 2.75) is 57.5 Å². The van der Waals surface area contributed by atoms with Gasteiger partial charge < -0.3 is 24.5 Å². The zero-order chi connectivity index (χ0) is 26.4. The predicted molar refractivity (Wildman–Crippen MR) is 139 cm³/mol. The van der Waals surface area contributed by atoms with Crippen LogP contribution < -0.4 is 15.4 Å². The van der Waals surface area contributed by atoms with Crippen molar-refractivity contribution in [3.63, 3.8) is 0 Å². The topological polar surface area (TPSA) is 95.2 Å². The number of benzene rings is 2. The SMILES string of the molecule is CC(C)c1noc(N2CCC(COc3ccc4c(c3)nc3n4C[C@H](N)[C@@H](c4cc(F)ccc4F)C3)CC2)n1. The van der Waals surface area contributed by atoms with Crippen LogP contribution in [0.1, 0.15) is 55.7 Å². The van der Waals surface area contributed by atoms with Crippen LogP contribution in [0.2, 0.25) is 0 Å². The van der Waals surface area contributed by atoms with Gasteiger partial charge in [-0.3, -0.25) is 0 Å². The van der Waals surface area contributed by atoms with Gasteiger partial charge in [-0.2, -0.15) is 4.98 Å². The minimum atomic E-state index is -0.463. The molecule has 4 heterocycles. The molecule has 0 saturated carbocycles. The second-order valence-corrected chi connectivity index (χ2v) is 10.8. The van der Waals surface area contributed by atoms with Gasteiger partial charge in [-0.05, 0) is 54.7 Å². The first kappa shape index (κ1) is 24.8. The number of ether oxygens (including phenoxy) is 1. The highest BCUT2D eigenvalue weighted by Crippen LogP contribution is 2.34. The molecule has 2 aliphatic heterocycles. The van der Waals surface area contributed by atoms with Gasteiger partial charge in [0.2, 0.25) is 0 Å². The van der Waals surface area contributed by atoms with Gasteiger partial charge in [0.15, 0.2) is 5.82 Å². The molecule has 1 fully saturated rings. The van der Waals surface area contributed by atoms with E-state index >= 15 is 0 Å². The second kappa shape index (κ2) is 9.98. The lowest BCUT2D eigenvalue weighted by Gasteiger charge is -2.30. The first-order valence-electron chi connectivity index (χ1n) is 13.3. The Labute approximate surface area is 219 Å². The van der Waals surface area contributed by atoms with Crippen molar-refractivity contribution in [1.82, 2.24) is 19.7 Å². The van der Waals surface area contributed by atoms with Gasteiger partial charge in [-0.1, -0.05) is 19.0 Å². The fourth-order valence-corrected chi connectivity index (χ4v) is 5.53. The van der Waals surface area contributed by atoms with Gasteiger partial charge in [-0.15, -0.1) is 0 Å². The molecular weight excluding hydrogens is 490 g/mol. The van der Waals surface area contributed by atoms with E-state index in [2.05, 4.69) is 19.6 Å². The molecule has 0 unspecified atom stereocenters. The van der Waals surface area contributed by atoms with E-state index in [1.165, 1.54) is 6.07 Å². The molecule has 0 spiro atoms. The number of anilines is 1. The van der Waals surface area contributed by atoms with Crippen LogP contribution in [-0.4, -0.2) is 45.4 Å². The van der Waals surface area contributed by atoms with Crippen molar-refractivity contribution >= 4 is 17.0 Å². The normalized spacial score (nSPS) is 20.3. The molecule has 4 aromatic rings. The number of nitrogens with zero attached hydrogens (tertiary/aromatic N) is 5. The Hall–Kier alpha value is -3.53. The fraction of sp³-hybridized carbons (Fsp3) is 0.464. The molecule has 6 rings (SSSR count). The van der Waals surface area contributed by atoms with Crippen molar-refractivity contribution in [3.8, 4) is 5.75 Å². The summed E-state index contributed by atoms with van der Waals surface area (Å²) in [7, 11) is 0. The van der Waals surface area contributed by atoms with E-state index in [9.17, 15) is 8.78 Å². The molecule has 0 amide bonds. The minimum absolute atomic E-state index is 0.242. The summed E-state index contributed by atoms with van der Waals surface area (Å²) < 4.78 is 42.0. The summed E-state index contributed by atoms with van der Waals surface area (Å²) in [4.78, 5) is 11.5. The Bertz CT molecular complexity index is 1440. The van der Waals surface area contributed by atoms with E-state index in [-0.39, 0.29) is 17.9 Å². The Kier molecular flexibility index (Phi) is 6.51. The van der Waals surface area contributed by atoms with Gasteiger partial charge in [0.1, 0.15) is 23.2 Å². The first-order valence-corrected chi connectivity index (χ1v) is 13.3. The molecule has 0 radical (unpaired) electrons. The van der Waals surface area contributed by atoms with E-state index in [0.29, 0.717) is 37.1 Å². The molecular formula is C28H32F2N6O2. The van der Waals surface area contributed by atoms with Gasteiger partial charge in [0, 0.05) is 50.0 Å². The Balaban J connectivity index is 1.10. The number of nitrogens with two attached hydrogens (primary N) is 1. The third-order valence-corrected chi connectivity index (χ3v) is 7.79. The molecule has 2 N–H and O–H groups in total. The number of hydrogen-bond donors (Lipinski definition) is 1. The van der Waals surface area contributed by atoms with Gasteiger partial charge in [-0.25, -0.2) is 13.8 Å². The van der Waals surface area contributed by atoms with Gasteiger partial charge in [0.05, 0.1) is 17.6 Å². The first-order chi connectivity index (χ1) is 18.4. The third kappa shape index (κ3) is 4.73. The van der Waals surface area contributed by atoms with E-state index in [0.717, 1.165) is 66.5 Å². The molecule has 8 nitrogen and oxygen atoms in total. The lowest BCUT2D eigenvalue weighted by atomic mass is 9.86. The average Bonchev–Trinajstić information content (AvgIpc) is 3.54. The molecule has 0 aliphatic carbocycles. The molecule has 1 saturated heterocycles. The van der Waals surface area contributed by atoms with Crippen LogP contribution >= 0.6 is 0 Å². The second-order valence-electron chi connectivity index (χ2n) is 10.8. The number of imidazole rings is 1. The van der Waals surface area contributed by atoms with Crippen LogP contribution in [0.3, 0.4) is 0 Å². The molecule has 200 valence electrons. The largest absolute Gasteiger partial charge is 0.493 e. The lowest BCUT2D eigenvalue weighted by Crippen LogP contribution is -2.39. The number of aromatic nitrogens is 4. The van der Waals surface area contributed by atoms with E-state index in [1.54, 1.807) is 0 Å². The highest BCUT2D eigenvalue weighted by Gasteiger charge is 2.31. The number of piperidine rings is 1. The quantitative estimate of drug-likeness (QED) is 0.389. The van der Waals surface area contributed by atoms with E-state index in [4.69, 9.17) is 20.0 Å². The highest BCUT2D eigenvalue weighted by molar-refractivity contribution is 5.78. The minimum Gasteiger partial charge on any atom is -0.493 e. The van der Waals surface area contributed by atoms with Crippen molar-refractivity contribution in [3.05, 3.63) is 65.2 Å². The van der Waals surface area contributed by atoms with Crippen LogP contribution in [0.25, 0.3) is 11.0 Å². The van der Waals surface area contributed by atoms with E-state index in [1.807, 2.05) is 32.0 Å². The highest BCUT2D eigenvalue weighted by atomic mass is 19.1. The summed E-state index contributed by atoms with van der Waals surface area (Å²) in [5, 5.41) is 4.07. The van der Waals surface area contributed by atoms with Crippen LogP contribution in [0.15, 0.2) is 40.9 Å². The van der Waals surface area contributed by atoms with E-state index < -0.39 is 11.6 Å². The fourth-order valence-electron chi connectivity index (χ4n) is 5.53. The smallest absolute Gasteiger partial charge is 0.324 e. The predicted octanol–water partition coefficient (Wildman–Crippen LogP) is 4.78. The maximum atomic E-state index is 14.5. The molecule has 2 aliphatic rings. The van der Waals surface area contributed by atoms with Crippen LogP contribution in [-0.2, 0) is 13.0 Å². The molecule has 2 atom stereocenters. The number of rotatable bonds is 6. The maximum absolute atomic E-state index is 14.5. The van der Waals surface area contributed by atoms with Crippen molar-refractivity contribution in [2.75, 3.05) is 24.6 Å². The molecule has 10 heteroatoms. The molecule has 0 bridgehead atoms. The number of halogens is 2. The van der Waals surface area contributed by atoms with Crippen molar-refractivity contribution in [1.29, 1.82) is 0 Å². The summed E-state index contributed by atoms with van der Waals surface area (Å²) in [6.07, 6.45) is 2.41.